The van der Waals surface area contributed by atoms with E-state index in [0.29, 0.717) is 30.6 Å². The maximum atomic E-state index is 13.6. The summed E-state index contributed by atoms with van der Waals surface area (Å²) in [6.07, 6.45) is 4.49. The molecular weight excluding hydrogens is 644 g/mol. The lowest BCUT2D eigenvalue weighted by molar-refractivity contribution is -0.137. The lowest BCUT2D eigenvalue weighted by Gasteiger charge is -2.33. The van der Waals surface area contributed by atoms with Crippen LogP contribution in [0.15, 0.2) is 42.7 Å². The fourth-order valence-electron chi connectivity index (χ4n) is 5.40. The fraction of sp³-hybridized carbons (Fsp3) is 0.486. The molecule has 0 spiro atoms. The quantitative estimate of drug-likeness (QED) is 0.226. The van der Waals surface area contributed by atoms with Crippen LogP contribution in [0, 0.1) is 5.92 Å². The number of likely N-dealkylation sites (tertiary alicyclic amines) is 1. The molecule has 0 saturated carbocycles. The monoisotopic (exact) mass is 690 g/mol. The predicted molar refractivity (Wildman–Crippen MR) is 184 cm³/mol. The molecule has 15 nitrogen and oxygen atoms in total. The number of nitrogens with one attached hydrogen (secondary N) is 2. The number of piperidine rings is 1. The van der Waals surface area contributed by atoms with Crippen LogP contribution in [0.1, 0.15) is 68.7 Å². The number of carbonyl (C=O) groups excluding carboxylic acids is 4. The number of rotatable bonds is 14. The number of aromatic nitrogens is 4. The van der Waals surface area contributed by atoms with E-state index in [9.17, 15) is 24.0 Å². The summed E-state index contributed by atoms with van der Waals surface area (Å²) in [6, 6.07) is 9.54. The minimum absolute atomic E-state index is 0.0245. The van der Waals surface area contributed by atoms with Gasteiger partial charge in [0.15, 0.2) is 5.69 Å². The van der Waals surface area contributed by atoms with E-state index in [1.165, 1.54) is 9.58 Å². The van der Waals surface area contributed by atoms with Crippen molar-refractivity contribution in [2.24, 2.45) is 5.92 Å². The van der Waals surface area contributed by atoms with E-state index in [1.807, 2.05) is 31.2 Å². The zero-order valence-electron chi connectivity index (χ0n) is 29.3. The van der Waals surface area contributed by atoms with Gasteiger partial charge in [-0.05, 0) is 56.7 Å². The van der Waals surface area contributed by atoms with Crippen LogP contribution < -0.4 is 10.6 Å². The van der Waals surface area contributed by atoms with Crippen molar-refractivity contribution in [3.8, 4) is 11.1 Å². The molecule has 3 aromatic rings. The highest BCUT2D eigenvalue weighted by molar-refractivity contribution is 6.03. The standard InChI is InChI=1S/C35H46N8O7/c1-6-23-8-7-9-25(16-23)26-18-28(32(37-19-26)33(48)36-13-10-27-21-43(40-39-27)15-12-31(46)47)38-29(44)22-42(34(49)50-35(2,3)4)20-24-11-14-41(5)30(45)17-24/h7-9,16,18-19,21,24H,6,10-15,17,20,22H2,1-5H3,(H,36,48)(H,38,44)(H,46,47). The molecular formula is C35H46N8O7. The average Bonchev–Trinajstić information content (AvgIpc) is 3.52. The summed E-state index contributed by atoms with van der Waals surface area (Å²) in [5, 5.41) is 22.4. The second kappa shape index (κ2) is 16.9. The van der Waals surface area contributed by atoms with E-state index in [-0.39, 0.29) is 62.2 Å². The summed E-state index contributed by atoms with van der Waals surface area (Å²) in [4.78, 5) is 70.9. The maximum Gasteiger partial charge on any atom is 0.410 e. The number of ether oxygens (including phenoxy) is 1. The number of nitrogens with zero attached hydrogens (tertiary/aromatic N) is 6. The van der Waals surface area contributed by atoms with Gasteiger partial charge in [0.1, 0.15) is 12.1 Å². The normalized spacial score (nSPS) is 14.6. The van der Waals surface area contributed by atoms with Crippen LogP contribution in [-0.4, -0.2) is 103 Å². The van der Waals surface area contributed by atoms with Gasteiger partial charge >= 0.3 is 12.1 Å². The second-order valence-corrected chi connectivity index (χ2v) is 13.4. The summed E-state index contributed by atoms with van der Waals surface area (Å²) in [5.74, 6) is -2.22. The van der Waals surface area contributed by atoms with Crippen LogP contribution in [0.5, 0.6) is 0 Å². The summed E-state index contributed by atoms with van der Waals surface area (Å²) < 4.78 is 7.03. The second-order valence-electron chi connectivity index (χ2n) is 13.4. The zero-order chi connectivity index (χ0) is 36.4. The number of pyridine rings is 1. The highest BCUT2D eigenvalue weighted by atomic mass is 16.6. The first-order valence-electron chi connectivity index (χ1n) is 16.7. The van der Waals surface area contributed by atoms with Crippen molar-refractivity contribution < 1.29 is 33.8 Å². The van der Waals surface area contributed by atoms with Gasteiger partial charge in [-0.1, -0.05) is 36.4 Å². The van der Waals surface area contributed by atoms with Gasteiger partial charge in [0.2, 0.25) is 11.8 Å². The first-order chi connectivity index (χ1) is 23.7. The maximum absolute atomic E-state index is 13.6. The first kappa shape index (κ1) is 37.5. The van der Waals surface area contributed by atoms with E-state index < -0.39 is 29.5 Å². The van der Waals surface area contributed by atoms with E-state index >= 15 is 0 Å². The Morgan fingerprint density at radius 3 is 2.62 bits per heavy atom. The molecule has 4 amide bonds. The topological polar surface area (TPSA) is 189 Å². The largest absolute Gasteiger partial charge is 0.481 e. The summed E-state index contributed by atoms with van der Waals surface area (Å²) in [6.45, 7) is 7.94. The Bertz CT molecular complexity index is 1700. The summed E-state index contributed by atoms with van der Waals surface area (Å²) in [5.41, 5.74) is 2.53. The Morgan fingerprint density at radius 2 is 1.92 bits per heavy atom. The lowest BCUT2D eigenvalue weighted by atomic mass is 9.96. The van der Waals surface area contributed by atoms with Crippen molar-refractivity contribution in [2.75, 3.05) is 38.5 Å². The number of anilines is 1. The molecule has 268 valence electrons. The number of benzene rings is 1. The van der Waals surface area contributed by atoms with Crippen LogP contribution in [0.4, 0.5) is 10.5 Å². The summed E-state index contributed by atoms with van der Waals surface area (Å²) in [7, 11) is 1.74. The molecule has 1 aliphatic rings. The molecule has 1 saturated heterocycles. The van der Waals surface area contributed by atoms with Gasteiger partial charge in [0.25, 0.3) is 5.91 Å². The molecule has 50 heavy (non-hydrogen) atoms. The third-order valence-electron chi connectivity index (χ3n) is 8.08. The molecule has 1 unspecified atom stereocenters. The molecule has 1 fully saturated rings. The van der Waals surface area contributed by atoms with Crippen LogP contribution >= 0.6 is 0 Å². The SMILES string of the molecule is CCc1cccc(-c2cnc(C(=O)NCCc3cn(CCC(=O)O)nn3)c(NC(=O)CN(CC3CCN(C)C(=O)C3)C(=O)OC(C)(C)C)c2)c1. The lowest BCUT2D eigenvalue weighted by Crippen LogP contribution is -2.46. The van der Waals surface area contributed by atoms with E-state index in [1.54, 1.807) is 51.2 Å². The Labute approximate surface area is 291 Å². The molecule has 0 bridgehead atoms. The molecule has 3 heterocycles. The van der Waals surface area contributed by atoms with Crippen molar-refractivity contribution >= 4 is 35.5 Å². The van der Waals surface area contributed by atoms with E-state index in [4.69, 9.17) is 9.84 Å². The Hall–Kier alpha value is -5.34. The Morgan fingerprint density at radius 1 is 1.14 bits per heavy atom. The Kier molecular flexibility index (Phi) is 12.6. The number of carbonyl (C=O) groups is 5. The van der Waals surface area contributed by atoms with Gasteiger partial charge in [-0.15, -0.1) is 5.10 Å². The predicted octanol–water partition coefficient (Wildman–Crippen LogP) is 3.39. The van der Waals surface area contributed by atoms with Gasteiger partial charge in [0, 0.05) is 57.5 Å². The number of hydrogen-bond acceptors (Lipinski definition) is 9. The zero-order valence-corrected chi connectivity index (χ0v) is 29.3. The molecule has 2 aromatic heterocycles. The highest BCUT2D eigenvalue weighted by Gasteiger charge is 2.30. The van der Waals surface area contributed by atoms with Gasteiger partial charge < -0.3 is 25.4 Å². The number of amides is 4. The molecule has 1 aromatic carbocycles. The summed E-state index contributed by atoms with van der Waals surface area (Å²) >= 11 is 0. The Balaban J connectivity index is 1.53. The van der Waals surface area contributed by atoms with Crippen LogP contribution in [0.25, 0.3) is 11.1 Å². The average molecular weight is 691 g/mol. The van der Waals surface area contributed by atoms with Crippen molar-refractivity contribution in [3.05, 3.63) is 59.7 Å². The van der Waals surface area contributed by atoms with Crippen molar-refractivity contribution in [3.63, 3.8) is 0 Å². The van der Waals surface area contributed by atoms with Gasteiger partial charge in [0.05, 0.1) is 24.3 Å². The van der Waals surface area contributed by atoms with Crippen LogP contribution in [0.3, 0.4) is 0 Å². The van der Waals surface area contributed by atoms with Crippen LogP contribution in [0.2, 0.25) is 0 Å². The third kappa shape index (κ3) is 11.1. The smallest absolute Gasteiger partial charge is 0.410 e. The van der Waals surface area contributed by atoms with Gasteiger partial charge in [-0.25, -0.2) is 9.78 Å². The fourth-order valence-corrected chi connectivity index (χ4v) is 5.40. The van der Waals surface area contributed by atoms with E-state index in [2.05, 4.69) is 25.9 Å². The molecule has 0 radical (unpaired) electrons. The molecule has 15 heteroatoms. The number of hydrogen-bond donors (Lipinski definition) is 3. The van der Waals surface area contributed by atoms with Crippen molar-refractivity contribution in [2.45, 2.75) is 71.9 Å². The molecule has 1 atom stereocenters. The molecule has 3 N–H and O–H groups in total. The number of aliphatic carboxylic acids is 1. The molecule has 0 aliphatic carbocycles. The minimum Gasteiger partial charge on any atom is -0.481 e. The number of carboxylic acid groups (broad SMARTS) is 1. The van der Waals surface area contributed by atoms with Crippen LogP contribution in [-0.2, 0) is 38.5 Å². The molecule has 1 aliphatic heterocycles. The third-order valence-corrected chi connectivity index (χ3v) is 8.08. The molecule has 4 rings (SSSR count). The minimum atomic E-state index is -0.944. The van der Waals surface area contributed by atoms with Gasteiger partial charge in [-0.3, -0.25) is 28.8 Å². The van der Waals surface area contributed by atoms with Crippen molar-refractivity contribution in [1.29, 1.82) is 0 Å². The first-order valence-corrected chi connectivity index (χ1v) is 16.7. The van der Waals surface area contributed by atoms with Crippen molar-refractivity contribution in [1.82, 2.24) is 35.1 Å². The number of aryl methyl sites for hydroxylation is 2. The van der Waals surface area contributed by atoms with E-state index in [0.717, 1.165) is 17.5 Å². The number of carboxylic acids is 1. The highest BCUT2D eigenvalue weighted by Crippen LogP contribution is 2.26. The van der Waals surface area contributed by atoms with Gasteiger partial charge in [-0.2, -0.15) is 0 Å².